The molecular weight excluding hydrogens is 254 g/mol. The van der Waals surface area contributed by atoms with Gasteiger partial charge in [0.05, 0.1) is 18.4 Å². The molecule has 1 fully saturated rings. The van der Waals surface area contributed by atoms with Crippen molar-refractivity contribution in [1.82, 2.24) is 14.8 Å². The predicted octanol–water partition coefficient (Wildman–Crippen LogP) is 1.39. The number of ether oxygens (including phenoxy) is 1. The van der Waals surface area contributed by atoms with Crippen molar-refractivity contribution in [2.75, 3.05) is 34.3 Å². The Bertz CT molecular complexity index is 445. The van der Waals surface area contributed by atoms with Crippen LogP contribution in [0.1, 0.15) is 28.9 Å². The SMILES string of the molecule is COC(=O)c1ccc(CN2CCCC2CN(C)C)nc1. The quantitative estimate of drug-likeness (QED) is 0.761. The number of nitrogens with zero attached hydrogens (tertiary/aromatic N) is 3. The third-order valence-electron chi connectivity index (χ3n) is 3.69. The zero-order chi connectivity index (χ0) is 14.5. The van der Waals surface area contributed by atoms with Crippen molar-refractivity contribution in [1.29, 1.82) is 0 Å². The summed E-state index contributed by atoms with van der Waals surface area (Å²) in [6.45, 7) is 3.05. The van der Waals surface area contributed by atoms with E-state index in [9.17, 15) is 4.79 Å². The molecule has 0 saturated carbocycles. The summed E-state index contributed by atoms with van der Waals surface area (Å²) < 4.78 is 4.68. The van der Waals surface area contributed by atoms with Gasteiger partial charge in [0, 0.05) is 25.3 Å². The highest BCUT2D eigenvalue weighted by molar-refractivity contribution is 5.88. The maximum absolute atomic E-state index is 11.4. The maximum atomic E-state index is 11.4. The fraction of sp³-hybridized carbons (Fsp3) is 0.600. The first-order valence-corrected chi connectivity index (χ1v) is 7.02. The van der Waals surface area contributed by atoms with Crippen LogP contribution in [0.15, 0.2) is 18.3 Å². The Labute approximate surface area is 120 Å². The minimum atomic E-state index is -0.337. The lowest BCUT2D eigenvalue weighted by atomic mass is 10.2. The number of hydrogen-bond acceptors (Lipinski definition) is 5. The van der Waals surface area contributed by atoms with Gasteiger partial charge in [-0.3, -0.25) is 9.88 Å². The summed E-state index contributed by atoms with van der Waals surface area (Å²) in [5, 5.41) is 0. The van der Waals surface area contributed by atoms with Crippen LogP contribution in [0.5, 0.6) is 0 Å². The van der Waals surface area contributed by atoms with Crippen molar-refractivity contribution >= 4 is 5.97 Å². The van der Waals surface area contributed by atoms with Crippen molar-refractivity contribution in [2.24, 2.45) is 0 Å². The number of rotatable bonds is 5. The molecule has 5 nitrogen and oxygen atoms in total. The van der Waals surface area contributed by atoms with Crippen molar-refractivity contribution < 1.29 is 9.53 Å². The highest BCUT2D eigenvalue weighted by Gasteiger charge is 2.25. The Kier molecular flexibility index (Phi) is 5.09. The Morgan fingerprint density at radius 2 is 2.30 bits per heavy atom. The maximum Gasteiger partial charge on any atom is 0.339 e. The Balaban J connectivity index is 1.97. The molecule has 2 rings (SSSR count). The van der Waals surface area contributed by atoms with Crippen molar-refractivity contribution in [3.8, 4) is 0 Å². The van der Waals surface area contributed by atoms with E-state index in [2.05, 4.69) is 33.6 Å². The van der Waals surface area contributed by atoms with E-state index >= 15 is 0 Å². The smallest absolute Gasteiger partial charge is 0.339 e. The lowest BCUT2D eigenvalue weighted by Crippen LogP contribution is -2.37. The molecule has 0 aromatic carbocycles. The normalized spacial score (nSPS) is 19.5. The zero-order valence-electron chi connectivity index (χ0n) is 12.5. The Morgan fingerprint density at radius 3 is 2.90 bits per heavy atom. The van der Waals surface area contributed by atoms with E-state index in [-0.39, 0.29) is 5.97 Å². The first kappa shape index (κ1) is 14.9. The van der Waals surface area contributed by atoms with Gasteiger partial charge < -0.3 is 9.64 Å². The molecule has 110 valence electrons. The number of pyridine rings is 1. The summed E-state index contributed by atoms with van der Waals surface area (Å²) in [7, 11) is 5.60. The Morgan fingerprint density at radius 1 is 1.50 bits per heavy atom. The molecule has 1 aliphatic heterocycles. The summed E-state index contributed by atoms with van der Waals surface area (Å²) in [6, 6.07) is 4.30. The second-order valence-corrected chi connectivity index (χ2v) is 5.56. The van der Waals surface area contributed by atoms with Gasteiger partial charge in [0.15, 0.2) is 0 Å². The standard InChI is InChI=1S/C15H23N3O2/c1-17(2)11-14-5-4-8-18(14)10-13-7-6-12(9-16-13)15(19)20-3/h6-7,9,14H,4-5,8,10-11H2,1-3H3. The molecule has 1 saturated heterocycles. The number of methoxy groups -OCH3 is 1. The number of likely N-dealkylation sites (tertiary alicyclic amines) is 1. The largest absolute Gasteiger partial charge is 0.465 e. The van der Waals surface area contributed by atoms with E-state index in [0.29, 0.717) is 11.6 Å². The topological polar surface area (TPSA) is 45.7 Å². The number of carbonyl (C=O) groups excluding carboxylic acids is 1. The molecule has 5 heteroatoms. The van der Waals surface area contributed by atoms with Crippen LogP contribution in [-0.4, -0.2) is 61.1 Å². The molecule has 2 heterocycles. The number of hydrogen-bond donors (Lipinski definition) is 0. The highest BCUT2D eigenvalue weighted by Crippen LogP contribution is 2.20. The average molecular weight is 277 g/mol. The minimum absolute atomic E-state index is 0.337. The van der Waals surface area contributed by atoms with Gasteiger partial charge in [-0.25, -0.2) is 4.79 Å². The Hall–Kier alpha value is -1.46. The van der Waals surface area contributed by atoms with Crippen LogP contribution in [0.2, 0.25) is 0 Å². The molecule has 0 aliphatic carbocycles. The number of aromatic nitrogens is 1. The first-order valence-electron chi connectivity index (χ1n) is 7.02. The van der Waals surface area contributed by atoms with Crippen LogP contribution in [-0.2, 0) is 11.3 Å². The van der Waals surface area contributed by atoms with E-state index in [1.807, 2.05) is 6.07 Å². The summed E-state index contributed by atoms with van der Waals surface area (Å²) in [6.07, 6.45) is 4.09. The molecule has 1 unspecified atom stereocenters. The van der Waals surface area contributed by atoms with Gasteiger partial charge in [-0.1, -0.05) is 0 Å². The zero-order valence-corrected chi connectivity index (χ0v) is 12.5. The molecule has 0 radical (unpaired) electrons. The van der Waals surface area contributed by atoms with Crippen molar-refractivity contribution in [3.05, 3.63) is 29.6 Å². The van der Waals surface area contributed by atoms with Gasteiger partial charge >= 0.3 is 5.97 Å². The summed E-state index contributed by atoms with van der Waals surface area (Å²) in [5.74, 6) is -0.337. The van der Waals surface area contributed by atoms with Gasteiger partial charge in [-0.15, -0.1) is 0 Å². The third kappa shape index (κ3) is 3.77. The number of carbonyl (C=O) groups is 1. The minimum Gasteiger partial charge on any atom is -0.465 e. The van der Waals surface area contributed by atoms with E-state index in [0.717, 1.165) is 25.3 Å². The lowest BCUT2D eigenvalue weighted by Gasteiger charge is -2.26. The summed E-state index contributed by atoms with van der Waals surface area (Å²) >= 11 is 0. The van der Waals surface area contributed by atoms with Crippen molar-refractivity contribution in [2.45, 2.75) is 25.4 Å². The third-order valence-corrected chi connectivity index (χ3v) is 3.69. The highest BCUT2D eigenvalue weighted by atomic mass is 16.5. The fourth-order valence-electron chi connectivity index (χ4n) is 2.70. The van der Waals surface area contributed by atoms with Crippen LogP contribution >= 0.6 is 0 Å². The van der Waals surface area contributed by atoms with Crippen LogP contribution in [0.25, 0.3) is 0 Å². The number of esters is 1. The van der Waals surface area contributed by atoms with Gasteiger partial charge in [0.1, 0.15) is 0 Å². The fourth-order valence-corrected chi connectivity index (χ4v) is 2.70. The van der Waals surface area contributed by atoms with Crippen LogP contribution in [0.3, 0.4) is 0 Å². The predicted molar refractivity (Wildman–Crippen MR) is 77.6 cm³/mol. The van der Waals surface area contributed by atoms with Crippen LogP contribution in [0.4, 0.5) is 0 Å². The van der Waals surface area contributed by atoms with Crippen LogP contribution in [0, 0.1) is 0 Å². The molecule has 20 heavy (non-hydrogen) atoms. The molecule has 0 spiro atoms. The first-order chi connectivity index (χ1) is 9.60. The molecule has 1 aromatic heterocycles. The summed E-state index contributed by atoms with van der Waals surface area (Å²) in [5.41, 5.74) is 1.51. The molecule has 0 amide bonds. The molecule has 0 N–H and O–H groups in total. The summed E-state index contributed by atoms with van der Waals surface area (Å²) in [4.78, 5) is 20.4. The molecule has 1 aliphatic rings. The second kappa shape index (κ2) is 6.81. The lowest BCUT2D eigenvalue weighted by molar-refractivity contribution is 0.0600. The van der Waals surface area contributed by atoms with E-state index in [1.165, 1.54) is 20.0 Å². The van der Waals surface area contributed by atoms with E-state index in [4.69, 9.17) is 0 Å². The van der Waals surface area contributed by atoms with Gasteiger partial charge in [-0.2, -0.15) is 0 Å². The number of likely N-dealkylation sites (N-methyl/N-ethyl adjacent to an activating group) is 1. The van der Waals surface area contributed by atoms with E-state index in [1.54, 1.807) is 12.3 Å². The molecule has 1 atom stereocenters. The van der Waals surface area contributed by atoms with Gasteiger partial charge in [-0.05, 0) is 45.6 Å². The second-order valence-electron chi connectivity index (χ2n) is 5.56. The molecule has 0 bridgehead atoms. The molecular formula is C15H23N3O2. The van der Waals surface area contributed by atoms with Gasteiger partial charge in [0.25, 0.3) is 0 Å². The average Bonchev–Trinajstić information content (AvgIpc) is 2.85. The van der Waals surface area contributed by atoms with Crippen molar-refractivity contribution in [3.63, 3.8) is 0 Å². The molecule has 1 aromatic rings. The monoisotopic (exact) mass is 277 g/mol. The van der Waals surface area contributed by atoms with Crippen LogP contribution < -0.4 is 0 Å². The van der Waals surface area contributed by atoms with Gasteiger partial charge in [0.2, 0.25) is 0 Å². The van der Waals surface area contributed by atoms with E-state index < -0.39 is 0 Å².